The van der Waals surface area contributed by atoms with E-state index in [9.17, 15) is 33.6 Å². The third kappa shape index (κ3) is 21.9. The van der Waals surface area contributed by atoms with Crippen LogP contribution in [0.1, 0.15) is 140 Å². The van der Waals surface area contributed by atoms with Crippen molar-refractivity contribution in [3.63, 3.8) is 0 Å². The van der Waals surface area contributed by atoms with Crippen molar-refractivity contribution in [3.8, 4) is 0 Å². The highest BCUT2D eigenvalue weighted by atomic mass is 16.6. The molecule has 2 amide bonds. The molecule has 1 aliphatic heterocycles. The van der Waals surface area contributed by atoms with Crippen LogP contribution in [0.5, 0.6) is 0 Å². The third-order valence-corrected chi connectivity index (χ3v) is 8.58. The number of amides is 2. The number of ketones is 3. The Bertz CT molecular complexity index is 1100. The second-order valence-electron chi connectivity index (χ2n) is 15.8. The summed E-state index contributed by atoms with van der Waals surface area (Å²) in [6.07, 6.45) is 5.08. The van der Waals surface area contributed by atoms with Gasteiger partial charge in [0.2, 0.25) is 11.8 Å². The molecule has 0 saturated carbocycles. The standard InChI is InChI=1S/C22H39NO4.C18H31NO5/c1-7-8-9-18(14-24)13-21(26)20(11-16(4)5)23-22(27)19(10-15(2)3)12-17(6)25;1-6-23-18(22)16-15(24-16)14(20)10-13(9-12(4)5)17(21)19-8-7-11(2)3/h14-16,18-20H,7-13H2,1-6H3,(H,23,27);11-13,15-16H,6-10H2,1-5H3,(H,19,21)/t;13-,15-,16+/m.1/s1. The van der Waals surface area contributed by atoms with Gasteiger partial charge >= 0.3 is 5.97 Å². The fourth-order valence-electron chi connectivity index (χ4n) is 5.92. The molecule has 51 heavy (non-hydrogen) atoms. The summed E-state index contributed by atoms with van der Waals surface area (Å²) in [7, 11) is 0. The maximum absolute atomic E-state index is 12.8. The fourth-order valence-corrected chi connectivity index (χ4v) is 5.92. The quantitative estimate of drug-likeness (QED) is 0.0599. The Kier molecular flexibility index (Phi) is 24.4. The average Bonchev–Trinajstić information content (AvgIpc) is 3.83. The number of nitrogens with one attached hydrogen (secondary N) is 2. The van der Waals surface area contributed by atoms with E-state index in [0.29, 0.717) is 44.1 Å². The van der Waals surface area contributed by atoms with E-state index in [4.69, 9.17) is 9.47 Å². The normalized spacial score (nSPS) is 17.5. The van der Waals surface area contributed by atoms with Crippen molar-refractivity contribution in [1.29, 1.82) is 0 Å². The largest absolute Gasteiger partial charge is 0.464 e. The molecule has 0 bridgehead atoms. The van der Waals surface area contributed by atoms with Crippen LogP contribution in [-0.2, 0) is 43.0 Å². The number of epoxide rings is 1. The lowest BCUT2D eigenvalue weighted by Gasteiger charge is -2.24. The van der Waals surface area contributed by atoms with E-state index in [-0.39, 0.29) is 78.7 Å². The van der Waals surface area contributed by atoms with Crippen LogP contribution < -0.4 is 10.6 Å². The van der Waals surface area contributed by atoms with Crippen molar-refractivity contribution >= 4 is 41.4 Å². The maximum Gasteiger partial charge on any atom is 0.338 e. The lowest BCUT2D eigenvalue weighted by molar-refractivity contribution is -0.144. The molecule has 2 N–H and O–H groups in total. The Morgan fingerprint density at radius 1 is 0.725 bits per heavy atom. The summed E-state index contributed by atoms with van der Waals surface area (Å²) in [6, 6.07) is -0.594. The molecule has 0 aromatic rings. The monoisotopic (exact) mass is 723 g/mol. The highest BCUT2D eigenvalue weighted by molar-refractivity contribution is 5.96. The summed E-state index contributed by atoms with van der Waals surface area (Å²) in [5.41, 5.74) is 0. The minimum absolute atomic E-state index is 0.0249. The van der Waals surface area contributed by atoms with Gasteiger partial charge in [0.1, 0.15) is 12.1 Å². The Morgan fingerprint density at radius 3 is 1.76 bits per heavy atom. The molecular weight excluding hydrogens is 652 g/mol. The number of hydrogen-bond acceptors (Lipinski definition) is 9. The van der Waals surface area contributed by atoms with Crippen LogP contribution in [0.4, 0.5) is 0 Å². The molecule has 11 heteroatoms. The molecule has 1 heterocycles. The van der Waals surface area contributed by atoms with Crippen LogP contribution in [0.3, 0.4) is 0 Å². The first-order valence-electron chi connectivity index (χ1n) is 19.3. The molecule has 0 radical (unpaired) electrons. The topological polar surface area (TPSA) is 165 Å². The molecule has 0 aromatic heterocycles. The van der Waals surface area contributed by atoms with E-state index in [1.165, 1.54) is 6.92 Å². The average molecular weight is 723 g/mol. The molecular formula is C40H70N2O9. The summed E-state index contributed by atoms with van der Waals surface area (Å²) < 4.78 is 9.98. The lowest BCUT2D eigenvalue weighted by atomic mass is 9.89. The number of unbranched alkanes of at least 4 members (excludes halogenated alkanes) is 1. The number of rotatable bonds is 26. The first-order valence-corrected chi connectivity index (χ1v) is 19.3. The summed E-state index contributed by atoms with van der Waals surface area (Å²) in [5.74, 6) is -0.861. The van der Waals surface area contributed by atoms with Gasteiger partial charge in [-0.15, -0.1) is 0 Å². The third-order valence-electron chi connectivity index (χ3n) is 8.58. The molecule has 0 aromatic carbocycles. The maximum atomic E-state index is 12.8. The Hall–Kier alpha value is -2.95. The van der Waals surface area contributed by atoms with Crippen LogP contribution in [0.25, 0.3) is 0 Å². The van der Waals surface area contributed by atoms with Crippen molar-refractivity contribution in [2.75, 3.05) is 13.2 Å². The first-order chi connectivity index (χ1) is 23.9. The molecule has 3 unspecified atom stereocenters. The van der Waals surface area contributed by atoms with Gasteiger partial charge < -0.3 is 29.7 Å². The molecule has 0 spiro atoms. The van der Waals surface area contributed by atoms with Gasteiger partial charge in [-0.3, -0.25) is 19.2 Å². The fraction of sp³-hybridized carbons (Fsp3) is 0.825. The zero-order valence-electron chi connectivity index (χ0n) is 33.5. The summed E-state index contributed by atoms with van der Waals surface area (Å²) in [6.45, 7) is 22.4. The van der Waals surface area contributed by atoms with E-state index in [2.05, 4.69) is 31.4 Å². The number of hydrogen-bond donors (Lipinski definition) is 2. The Balaban J connectivity index is 0.000000986. The van der Waals surface area contributed by atoms with Crippen LogP contribution in [0.2, 0.25) is 0 Å². The van der Waals surface area contributed by atoms with Crippen molar-refractivity contribution < 1.29 is 43.0 Å². The van der Waals surface area contributed by atoms with Crippen molar-refractivity contribution in [2.45, 2.75) is 159 Å². The highest BCUT2D eigenvalue weighted by Crippen LogP contribution is 2.28. The highest BCUT2D eigenvalue weighted by Gasteiger charge is 2.51. The zero-order chi connectivity index (χ0) is 39.3. The predicted molar refractivity (Wildman–Crippen MR) is 199 cm³/mol. The summed E-state index contributed by atoms with van der Waals surface area (Å²) in [4.78, 5) is 84.5. The van der Waals surface area contributed by atoms with Crippen molar-refractivity contribution in [2.24, 2.45) is 41.4 Å². The first kappa shape index (κ1) is 48.0. The van der Waals surface area contributed by atoms with Gasteiger partial charge in [0.15, 0.2) is 23.8 Å². The van der Waals surface area contributed by atoms with E-state index in [1.54, 1.807) is 6.92 Å². The van der Waals surface area contributed by atoms with Gasteiger partial charge in [0, 0.05) is 43.6 Å². The molecule has 1 rings (SSSR count). The van der Waals surface area contributed by atoms with Crippen LogP contribution in [0.15, 0.2) is 0 Å². The molecule has 1 fully saturated rings. The molecule has 294 valence electrons. The Morgan fingerprint density at radius 2 is 1.29 bits per heavy atom. The van der Waals surface area contributed by atoms with Crippen molar-refractivity contribution in [1.82, 2.24) is 10.6 Å². The molecule has 1 saturated heterocycles. The molecule has 11 nitrogen and oxygen atoms in total. The number of carbonyl (C=O) groups is 7. The van der Waals surface area contributed by atoms with Gasteiger partial charge in [0.05, 0.1) is 12.6 Å². The number of esters is 1. The SMILES string of the molecule is CCCCC(C=O)CC(=O)C(CC(C)C)NC(=O)C(CC(C)=O)CC(C)C.CCOC(=O)[C@H]1O[C@@H]1C(=O)C[C@@H](CC(C)C)C(=O)NCCC(C)C. The Labute approximate surface area is 307 Å². The predicted octanol–water partition coefficient (Wildman–Crippen LogP) is 6.22. The van der Waals surface area contributed by atoms with E-state index < -0.39 is 30.1 Å². The van der Waals surface area contributed by atoms with Gasteiger partial charge in [-0.2, -0.15) is 0 Å². The number of Topliss-reactive ketones (excluding diaryl/α,β-unsaturated/α-hetero) is 3. The number of carbonyl (C=O) groups excluding carboxylic acids is 7. The van der Waals surface area contributed by atoms with Crippen LogP contribution in [-0.4, -0.2) is 72.8 Å². The van der Waals surface area contributed by atoms with E-state index >= 15 is 0 Å². The molecule has 0 aliphatic carbocycles. The smallest absolute Gasteiger partial charge is 0.338 e. The second-order valence-corrected chi connectivity index (χ2v) is 15.8. The molecule has 6 atom stereocenters. The second kappa shape index (κ2) is 25.9. The lowest BCUT2D eigenvalue weighted by Crippen LogP contribution is -2.45. The van der Waals surface area contributed by atoms with Gasteiger partial charge in [0.25, 0.3) is 0 Å². The minimum Gasteiger partial charge on any atom is -0.464 e. The zero-order valence-corrected chi connectivity index (χ0v) is 33.5. The van der Waals surface area contributed by atoms with Gasteiger partial charge in [-0.1, -0.05) is 75.2 Å². The summed E-state index contributed by atoms with van der Waals surface area (Å²) in [5, 5.41) is 5.80. The molecule has 1 aliphatic rings. The van der Waals surface area contributed by atoms with Crippen molar-refractivity contribution in [3.05, 3.63) is 0 Å². The van der Waals surface area contributed by atoms with E-state index in [0.717, 1.165) is 25.5 Å². The number of ether oxygens (including phenoxy) is 2. The van der Waals surface area contributed by atoms with Crippen LogP contribution in [0, 0.1) is 41.4 Å². The van der Waals surface area contributed by atoms with Gasteiger partial charge in [-0.05, 0) is 69.6 Å². The number of aldehydes is 1. The van der Waals surface area contributed by atoms with Crippen LogP contribution >= 0.6 is 0 Å². The van der Waals surface area contributed by atoms with Gasteiger partial charge in [-0.25, -0.2) is 4.79 Å². The summed E-state index contributed by atoms with van der Waals surface area (Å²) >= 11 is 0. The van der Waals surface area contributed by atoms with E-state index in [1.807, 2.05) is 41.5 Å². The minimum atomic E-state index is -0.791.